The molecule has 12 heteroatoms. The number of aryl methyl sites for hydroxylation is 1. The van der Waals surface area contributed by atoms with Crippen LogP contribution in [0.3, 0.4) is 0 Å². The Morgan fingerprint density at radius 3 is 2.63 bits per heavy atom. The molecule has 10 nitrogen and oxygen atoms in total. The average Bonchev–Trinajstić information content (AvgIpc) is 3.64. The molecule has 198 valence electrons. The van der Waals surface area contributed by atoms with Gasteiger partial charge in [0.05, 0.1) is 17.2 Å². The van der Waals surface area contributed by atoms with Crippen molar-refractivity contribution in [1.82, 2.24) is 29.6 Å². The number of nitrogens with zero attached hydrogens (tertiary/aromatic N) is 7. The number of aliphatic hydroxyl groups excluding tert-OH is 1. The summed E-state index contributed by atoms with van der Waals surface area (Å²) in [5.74, 6) is -0.270. The van der Waals surface area contributed by atoms with Crippen LogP contribution in [-0.4, -0.2) is 72.9 Å². The van der Waals surface area contributed by atoms with Crippen LogP contribution in [0.15, 0.2) is 35.2 Å². The van der Waals surface area contributed by atoms with Crippen LogP contribution in [0, 0.1) is 18.6 Å². The number of carbonyl (C=O) groups excluding carboxylic acids is 1. The van der Waals surface area contributed by atoms with E-state index in [1.807, 2.05) is 9.47 Å². The van der Waals surface area contributed by atoms with E-state index in [0.29, 0.717) is 54.8 Å². The topological polar surface area (TPSA) is 113 Å². The van der Waals surface area contributed by atoms with Crippen LogP contribution in [0.4, 0.5) is 14.7 Å². The second-order valence-electron chi connectivity index (χ2n) is 9.91. The molecule has 2 fully saturated rings. The van der Waals surface area contributed by atoms with Gasteiger partial charge >= 0.3 is 0 Å². The molecule has 6 rings (SSSR count). The van der Waals surface area contributed by atoms with Gasteiger partial charge in [-0.25, -0.2) is 18.7 Å². The largest absolute Gasteiger partial charge is 0.391 e. The number of aromatic nitrogens is 5. The normalized spacial score (nSPS) is 18.6. The molecular weight excluding hydrogens is 496 g/mol. The van der Waals surface area contributed by atoms with E-state index >= 15 is 8.78 Å². The molecular formula is C26H27F2N7O3. The first-order valence-electron chi connectivity index (χ1n) is 12.7. The number of hydrogen-bond acceptors (Lipinski definition) is 8. The Balaban J connectivity index is 1.21. The van der Waals surface area contributed by atoms with E-state index in [0.717, 1.165) is 12.8 Å². The van der Waals surface area contributed by atoms with Crippen molar-refractivity contribution in [3.63, 3.8) is 0 Å². The quantitative estimate of drug-likeness (QED) is 0.425. The van der Waals surface area contributed by atoms with Crippen molar-refractivity contribution in [2.75, 3.05) is 31.1 Å². The fraction of sp³-hybridized carbons (Fsp3) is 0.423. The van der Waals surface area contributed by atoms with Crippen molar-refractivity contribution in [3.8, 4) is 0 Å². The smallest absolute Gasteiger partial charge is 0.266 e. The molecule has 1 amide bonds. The second kappa shape index (κ2) is 9.75. The lowest BCUT2D eigenvalue weighted by Gasteiger charge is -2.31. The molecule has 0 spiro atoms. The van der Waals surface area contributed by atoms with E-state index in [4.69, 9.17) is 4.52 Å². The van der Waals surface area contributed by atoms with E-state index in [1.54, 1.807) is 13.0 Å². The van der Waals surface area contributed by atoms with Crippen molar-refractivity contribution < 1.29 is 23.2 Å². The Morgan fingerprint density at radius 1 is 1.13 bits per heavy atom. The number of anilines is 1. The van der Waals surface area contributed by atoms with Crippen molar-refractivity contribution >= 4 is 22.9 Å². The Morgan fingerprint density at radius 2 is 1.95 bits per heavy atom. The molecule has 38 heavy (non-hydrogen) atoms. The number of halogens is 2. The Hall–Kier alpha value is -3.93. The molecule has 1 aromatic carbocycles. The van der Waals surface area contributed by atoms with Gasteiger partial charge in [-0.05, 0) is 42.1 Å². The third-order valence-corrected chi connectivity index (χ3v) is 7.41. The van der Waals surface area contributed by atoms with Gasteiger partial charge in [-0.15, -0.1) is 0 Å². The monoisotopic (exact) mass is 523 g/mol. The van der Waals surface area contributed by atoms with Crippen LogP contribution < -0.4 is 4.90 Å². The maximum Gasteiger partial charge on any atom is 0.266 e. The summed E-state index contributed by atoms with van der Waals surface area (Å²) in [6.07, 6.45) is 4.33. The zero-order valence-electron chi connectivity index (χ0n) is 20.8. The van der Waals surface area contributed by atoms with Gasteiger partial charge in [0.2, 0.25) is 5.89 Å². The van der Waals surface area contributed by atoms with Gasteiger partial charge in [-0.2, -0.15) is 4.98 Å². The number of aliphatic hydroxyl groups is 1. The standard InChI is InChI=1S/C26H27F2N7O3/c1-15-31-26(32-38-15)33-7-4-18(5-8-33)35-13-21(28)23-22(29-14-30-24(23)35)11-16-2-3-17(10-20(16)27)25(37)34-9-6-19(36)12-34/h2-3,10,13-14,18-19,36H,4-9,11-12H2,1H3/t19-/m0/s1. The summed E-state index contributed by atoms with van der Waals surface area (Å²) < 4.78 is 37.2. The minimum Gasteiger partial charge on any atom is -0.391 e. The summed E-state index contributed by atoms with van der Waals surface area (Å²) in [6.45, 7) is 3.81. The van der Waals surface area contributed by atoms with Gasteiger partial charge in [-0.3, -0.25) is 4.79 Å². The number of piperidine rings is 1. The van der Waals surface area contributed by atoms with Crippen molar-refractivity contribution in [1.29, 1.82) is 0 Å². The first-order chi connectivity index (χ1) is 18.4. The first kappa shape index (κ1) is 24.4. The highest BCUT2D eigenvalue weighted by Gasteiger charge is 2.28. The lowest BCUT2D eigenvalue weighted by molar-refractivity contribution is 0.0764. The number of likely N-dealkylation sites (tertiary alicyclic amines) is 1. The minimum absolute atomic E-state index is 0.0279. The maximum absolute atomic E-state index is 15.2. The molecule has 3 aromatic heterocycles. The predicted octanol–water partition coefficient (Wildman–Crippen LogP) is 3.04. The molecule has 1 atom stereocenters. The van der Waals surface area contributed by atoms with E-state index in [2.05, 4.69) is 20.1 Å². The molecule has 0 aliphatic carbocycles. The molecule has 0 radical (unpaired) electrons. The predicted molar refractivity (Wildman–Crippen MR) is 133 cm³/mol. The van der Waals surface area contributed by atoms with Crippen molar-refractivity contribution in [3.05, 3.63) is 65.1 Å². The van der Waals surface area contributed by atoms with E-state index < -0.39 is 17.7 Å². The highest BCUT2D eigenvalue weighted by atomic mass is 19.1. The fourth-order valence-corrected chi connectivity index (χ4v) is 5.39. The zero-order valence-corrected chi connectivity index (χ0v) is 20.8. The van der Waals surface area contributed by atoms with Crippen LogP contribution in [0.1, 0.15) is 52.8 Å². The van der Waals surface area contributed by atoms with Crippen LogP contribution in [0.2, 0.25) is 0 Å². The van der Waals surface area contributed by atoms with Crippen molar-refractivity contribution in [2.45, 2.75) is 44.8 Å². The van der Waals surface area contributed by atoms with Crippen LogP contribution in [0.5, 0.6) is 0 Å². The molecule has 4 aromatic rings. The first-order valence-corrected chi connectivity index (χ1v) is 12.7. The summed E-state index contributed by atoms with van der Waals surface area (Å²) in [5, 5.41) is 13.9. The third kappa shape index (κ3) is 4.49. The van der Waals surface area contributed by atoms with Crippen LogP contribution in [-0.2, 0) is 6.42 Å². The summed E-state index contributed by atoms with van der Waals surface area (Å²) in [4.78, 5) is 29.1. The Labute approximate surface area is 216 Å². The number of benzene rings is 1. The number of hydrogen-bond donors (Lipinski definition) is 1. The molecule has 2 aliphatic heterocycles. The molecule has 1 N–H and O–H groups in total. The molecule has 0 bridgehead atoms. The van der Waals surface area contributed by atoms with Gasteiger partial charge in [0, 0.05) is 57.3 Å². The summed E-state index contributed by atoms with van der Waals surface area (Å²) in [7, 11) is 0. The molecule has 0 saturated carbocycles. The van der Waals surface area contributed by atoms with E-state index in [1.165, 1.54) is 29.6 Å². The van der Waals surface area contributed by atoms with Gasteiger partial charge < -0.3 is 24.0 Å². The Kier molecular flexibility index (Phi) is 6.26. The average molecular weight is 524 g/mol. The molecule has 5 heterocycles. The molecule has 0 unspecified atom stereocenters. The van der Waals surface area contributed by atoms with Crippen LogP contribution in [0.25, 0.3) is 11.0 Å². The number of amides is 1. The van der Waals surface area contributed by atoms with Crippen LogP contribution >= 0.6 is 0 Å². The highest BCUT2D eigenvalue weighted by Crippen LogP contribution is 2.31. The number of β-amino-alcohol motifs (C(OH)–C–C–N with tert-alkyl or cyclic N) is 1. The zero-order chi connectivity index (χ0) is 26.4. The van der Waals surface area contributed by atoms with Gasteiger partial charge in [0.25, 0.3) is 11.9 Å². The molecule has 2 aliphatic rings. The second-order valence-corrected chi connectivity index (χ2v) is 9.91. The number of carbonyl (C=O) groups is 1. The van der Waals surface area contributed by atoms with Gasteiger partial charge in [-0.1, -0.05) is 6.07 Å². The molecule has 2 saturated heterocycles. The maximum atomic E-state index is 15.2. The van der Waals surface area contributed by atoms with E-state index in [-0.39, 0.29) is 35.9 Å². The fourth-order valence-electron chi connectivity index (χ4n) is 5.39. The number of fused-ring (bicyclic) bond motifs is 1. The summed E-state index contributed by atoms with van der Waals surface area (Å²) >= 11 is 0. The van der Waals surface area contributed by atoms with Gasteiger partial charge in [0.15, 0.2) is 5.82 Å². The van der Waals surface area contributed by atoms with E-state index in [9.17, 15) is 9.90 Å². The highest BCUT2D eigenvalue weighted by molar-refractivity contribution is 5.94. The minimum atomic E-state index is -0.564. The Bertz CT molecular complexity index is 1500. The summed E-state index contributed by atoms with van der Waals surface area (Å²) in [5.41, 5.74) is 1.37. The number of rotatable bonds is 5. The summed E-state index contributed by atoms with van der Waals surface area (Å²) in [6, 6.07) is 4.32. The van der Waals surface area contributed by atoms with Gasteiger partial charge in [0.1, 0.15) is 17.8 Å². The lowest BCUT2D eigenvalue weighted by Crippen LogP contribution is -2.35. The SMILES string of the molecule is Cc1nc(N2CCC(n3cc(F)c4c(Cc5ccc(C(=O)N6CC[C@H](O)C6)cc5F)ncnc43)CC2)no1. The lowest BCUT2D eigenvalue weighted by atomic mass is 10.0. The van der Waals surface area contributed by atoms with Crippen molar-refractivity contribution in [2.24, 2.45) is 0 Å². The third-order valence-electron chi connectivity index (χ3n) is 7.41.